The van der Waals surface area contributed by atoms with Crippen LogP contribution in [0.3, 0.4) is 0 Å². The molecule has 5 rings (SSSR count). The van der Waals surface area contributed by atoms with Gasteiger partial charge in [-0.05, 0) is 58.8 Å². The molecule has 2 aliphatic rings. The Kier molecular flexibility index (Phi) is 4.53. The van der Waals surface area contributed by atoms with Crippen molar-refractivity contribution in [3.05, 3.63) is 77.1 Å². The third-order valence-corrected chi connectivity index (χ3v) is 6.04. The molecular weight excluding hydrogens is 351 g/mol. The lowest BCUT2D eigenvalue weighted by molar-refractivity contribution is 0.122. The third-order valence-electron chi connectivity index (χ3n) is 6.04. The van der Waals surface area contributed by atoms with Crippen LogP contribution in [0.5, 0.6) is 0 Å². The first-order valence-electron chi connectivity index (χ1n) is 10.0. The fourth-order valence-corrected chi connectivity index (χ4v) is 4.59. The number of likely N-dealkylation sites (N-methyl/N-ethyl adjacent to an activating group) is 1. The van der Waals surface area contributed by atoms with E-state index in [0.29, 0.717) is 5.92 Å². The highest BCUT2D eigenvalue weighted by atomic mass is 19.1. The van der Waals surface area contributed by atoms with Crippen LogP contribution < -0.4 is 4.90 Å². The lowest BCUT2D eigenvalue weighted by Crippen LogP contribution is -2.36. The predicted octanol–water partition coefficient (Wildman–Crippen LogP) is 4.39. The van der Waals surface area contributed by atoms with E-state index in [1.54, 1.807) is 12.1 Å². The van der Waals surface area contributed by atoms with Crippen LogP contribution in [-0.2, 0) is 11.3 Å². The Labute approximate surface area is 165 Å². The number of morpholine rings is 1. The molecule has 3 aromatic carbocycles. The molecule has 1 fully saturated rings. The monoisotopic (exact) mass is 376 g/mol. The highest BCUT2D eigenvalue weighted by molar-refractivity contribution is 5.83. The van der Waals surface area contributed by atoms with Gasteiger partial charge < -0.3 is 14.5 Å². The fraction of sp³-hybridized carbons (Fsp3) is 0.333. The Balaban J connectivity index is 1.52. The topological polar surface area (TPSA) is 15.7 Å². The summed E-state index contributed by atoms with van der Waals surface area (Å²) < 4.78 is 19.0. The standard InChI is InChI=1S/C24H25FN2O/c1-26-15-20-14-22(27-8-10-28-11-9-27)6-7-23(20)24(16-26)19-3-2-18-13-21(25)5-4-17(18)12-19/h2-7,12-14,24H,8-11,15-16H2,1H3. The lowest BCUT2D eigenvalue weighted by atomic mass is 9.84. The van der Waals surface area contributed by atoms with Crippen LogP contribution >= 0.6 is 0 Å². The summed E-state index contributed by atoms with van der Waals surface area (Å²) in [4.78, 5) is 4.81. The van der Waals surface area contributed by atoms with Gasteiger partial charge in [-0.2, -0.15) is 0 Å². The smallest absolute Gasteiger partial charge is 0.123 e. The molecule has 144 valence electrons. The molecule has 2 aliphatic heterocycles. The zero-order valence-corrected chi connectivity index (χ0v) is 16.2. The quantitative estimate of drug-likeness (QED) is 0.660. The molecule has 0 spiro atoms. The number of halogens is 1. The number of anilines is 1. The minimum absolute atomic E-state index is 0.182. The summed E-state index contributed by atoms with van der Waals surface area (Å²) in [6, 6.07) is 18.4. The highest BCUT2D eigenvalue weighted by Gasteiger charge is 2.26. The van der Waals surface area contributed by atoms with Crippen LogP contribution in [0.25, 0.3) is 10.8 Å². The van der Waals surface area contributed by atoms with Crippen LogP contribution in [-0.4, -0.2) is 44.8 Å². The number of ether oxygens (including phenoxy) is 1. The summed E-state index contributed by atoms with van der Waals surface area (Å²) in [5, 5.41) is 2.05. The second-order valence-electron chi connectivity index (χ2n) is 7.98. The van der Waals surface area contributed by atoms with Crippen molar-refractivity contribution >= 4 is 16.5 Å². The molecule has 1 saturated heterocycles. The Morgan fingerprint density at radius 1 is 0.929 bits per heavy atom. The summed E-state index contributed by atoms with van der Waals surface area (Å²) in [5.41, 5.74) is 5.41. The van der Waals surface area contributed by atoms with Crippen LogP contribution in [0.4, 0.5) is 10.1 Å². The summed E-state index contributed by atoms with van der Waals surface area (Å²) in [7, 11) is 2.19. The Morgan fingerprint density at radius 3 is 2.57 bits per heavy atom. The van der Waals surface area contributed by atoms with E-state index in [1.807, 2.05) is 12.1 Å². The van der Waals surface area contributed by atoms with E-state index in [-0.39, 0.29) is 5.82 Å². The van der Waals surface area contributed by atoms with Crippen molar-refractivity contribution in [2.75, 3.05) is 44.8 Å². The molecule has 3 aromatic rings. The van der Waals surface area contributed by atoms with Gasteiger partial charge in [-0.25, -0.2) is 4.39 Å². The van der Waals surface area contributed by atoms with Gasteiger partial charge in [0, 0.05) is 37.8 Å². The van der Waals surface area contributed by atoms with Crippen LogP contribution in [0, 0.1) is 5.82 Å². The number of fused-ring (bicyclic) bond motifs is 2. The Morgan fingerprint density at radius 2 is 1.71 bits per heavy atom. The molecule has 0 saturated carbocycles. The molecule has 28 heavy (non-hydrogen) atoms. The second-order valence-corrected chi connectivity index (χ2v) is 7.98. The van der Waals surface area contributed by atoms with Gasteiger partial charge in [0.15, 0.2) is 0 Å². The first kappa shape index (κ1) is 17.7. The minimum Gasteiger partial charge on any atom is -0.378 e. The maximum absolute atomic E-state index is 13.5. The number of hydrogen-bond donors (Lipinski definition) is 0. The van der Waals surface area contributed by atoms with Crippen LogP contribution in [0.1, 0.15) is 22.6 Å². The van der Waals surface area contributed by atoms with Gasteiger partial charge in [-0.15, -0.1) is 0 Å². The van der Waals surface area contributed by atoms with E-state index in [0.717, 1.165) is 50.2 Å². The molecule has 3 nitrogen and oxygen atoms in total. The molecule has 2 heterocycles. The second kappa shape index (κ2) is 7.19. The number of rotatable bonds is 2. The molecule has 1 unspecified atom stereocenters. The molecule has 1 atom stereocenters. The van der Waals surface area contributed by atoms with Crippen molar-refractivity contribution in [2.45, 2.75) is 12.5 Å². The van der Waals surface area contributed by atoms with Crippen molar-refractivity contribution in [2.24, 2.45) is 0 Å². The minimum atomic E-state index is -0.182. The molecular formula is C24H25FN2O. The Bertz CT molecular complexity index is 1010. The van der Waals surface area contributed by atoms with Crippen LogP contribution in [0.15, 0.2) is 54.6 Å². The zero-order valence-electron chi connectivity index (χ0n) is 16.2. The molecule has 0 aromatic heterocycles. The van der Waals surface area contributed by atoms with E-state index in [2.05, 4.69) is 47.2 Å². The van der Waals surface area contributed by atoms with Gasteiger partial charge >= 0.3 is 0 Å². The molecule has 4 heteroatoms. The Hall–Kier alpha value is -2.43. The lowest BCUT2D eigenvalue weighted by Gasteiger charge is -2.35. The van der Waals surface area contributed by atoms with E-state index in [4.69, 9.17) is 4.74 Å². The van der Waals surface area contributed by atoms with E-state index in [1.165, 1.54) is 22.4 Å². The van der Waals surface area contributed by atoms with E-state index in [9.17, 15) is 4.39 Å². The number of hydrogen-bond acceptors (Lipinski definition) is 3. The fourth-order valence-electron chi connectivity index (χ4n) is 4.59. The average Bonchev–Trinajstić information content (AvgIpc) is 2.73. The third kappa shape index (κ3) is 3.27. The maximum Gasteiger partial charge on any atom is 0.123 e. The van der Waals surface area contributed by atoms with Crippen molar-refractivity contribution < 1.29 is 9.13 Å². The summed E-state index contributed by atoms with van der Waals surface area (Å²) in [6.45, 7) is 5.49. The highest BCUT2D eigenvalue weighted by Crippen LogP contribution is 2.36. The SMILES string of the molecule is CN1Cc2cc(N3CCOCC3)ccc2C(c2ccc3cc(F)ccc3c2)C1. The van der Waals surface area contributed by atoms with Gasteiger partial charge in [0.1, 0.15) is 5.82 Å². The summed E-state index contributed by atoms with van der Waals surface area (Å²) in [5.74, 6) is 0.153. The maximum atomic E-state index is 13.5. The van der Waals surface area contributed by atoms with Gasteiger partial charge in [0.2, 0.25) is 0 Å². The van der Waals surface area contributed by atoms with Gasteiger partial charge in [-0.1, -0.05) is 30.3 Å². The first-order valence-corrected chi connectivity index (χ1v) is 10.0. The summed E-state index contributed by atoms with van der Waals surface area (Å²) >= 11 is 0. The van der Waals surface area contributed by atoms with Gasteiger partial charge in [-0.3, -0.25) is 0 Å². The van der Waals surface area contributed by atoms with E-state index < -0.39 is 0 Å². The van der Waals surface area contributed by atoms with Crippen molar-refractivity contribution in [1.29, 1.82) is 0 Å². The molecule has 0 radical (unpaired) electrons. The number of benzene rings is 3. The normalized spacial score (nSPS) is 20.4. The van der Waals surface area contributed by atoms with Crippen molar-refractivity contribution in [3.63, 3.8) is 0 Å². The first-order chi connectivity index (χ1) is 13.7. The van der Waals surface area contributed by atoms with Crippen LogP contribution in [0.2, 0.25) is 0 Å². The van der Waals surface area contributed by atoms with Gasteiger partial charge in [0.05, 0.1) is 13.2 Å². The average molecular weight is 376 g/mol. The predicted molar refractivity (Wildman–Crippen MR) is 112 cm³/mol. The molecule has 0 aliphatic carbocycles. The molecule has 0 N–H and O–H groups in total. The van der Waals surface area contributed by atoms with Crippen molar-refractivity contribution in [3.8, 4) is 0 Å². The molecule has 0 bridgehead atoms. The summed E-state index contributed by atoms with van der Waals surface area (Å²) in [6.07, 6.45) is 0. The van der Waals surface area contributed by atoms with Crippen molar-refractivity contribution in [1.82, 2.24) is 4.90 Å². The number of nitrogens with zero attached hydrogens (tertiary/aromatic N) is 2. The molecule has 0 amide bonds. The zero-order chi connectivity index (χ0) is 19.1. The largest absolute Gasteiger partial charge is 0.378 e. The van der Waals surface area contributed by atoms with E-state index >= 15 is 0 Å². The van der Waals surface area contributed by atoms with Gasteiger partial charge in [0.25, 0.3) is 0 Å².